The van der Waals surface area contributed by atoms with E-state index in [9.17, 15) is 9.59 Å². The summed E-state index contributed by atoms with van der Waals surface area (Å²) in [6.07, 6.45) is 4.53. The van der Waals surface area contributed by atoms with Crippen LogP contribution < -0.4 is 5.32 Å². The monoisotopic (exact) mass is 398 g/mol. The Labute approximate surface area is 147 Å². The predicted molar refractivity (Wildman–Crippen MR) is 96.8 cm³/mol. The summed E-state index contributed by atoms with van der Waals surface area (Å²) in [7, 11) is 0. The van der Waals surface area contributed by atoms with E-state index >= 15 is 0 Å². The maximum atomic E-state index is 12.0. The number of nitrogens with zero attached hydrogens (tertiary/aromatic N) is 1. The minimum absolute atomic E-state index is 0.240. The van der Waals surface area contributed by atoms with Gasteiger partial charge in [0.25, 0.3) is 0 Å². The molecule has 1 aromatic carbocycles. The molecule has 0 aliphatic heterocycles. The van der Waals surface area contributed by atoms with Crippen molar-refractivity contribution in [3.63, 3.8) is 0 Å². The molecule has 2 N–H and O–H groups in total. The van der Waals surface area contributed by atoms with Gasteiger partial charge in [0, 0.05) is 34.5 Å². The molecule has 0 spiro atoms. The van der Waals surface area contributed by atoms with Crippen molar-refractivity contribution in [3.05, 3.63) is 34.9 Å². The first-order chi connectivity index (χ1) is 11.0. The fraction of sp³-hybridized carbons (Fsp3) is 0.375. The molecule has 0 saturated carbocycles. The van der Waals surface area contributed by atoms with Crippen molar-refractivity contribution >= 4 is 50.5 Å². The smallest absolute Gasteiger partial charge is 0.326 e. The first kappa shape index (κ1) is 17.9. The lowest BCUT2D eigenvalue weighted by molar-refractivity contribution is -0.141. The quantitative estimate of drug-likeness (QED) is 0.716. The zero-order valence-electron chi connectivity index (χ0n) is 12.8. The van der Waals surface area contributed by atoms with Gasteiger partial charge in [0.15, 0.2) is 0 Å². The molecule has 124 valence electrons. The van der Waals surface area contributed by atoms with Gasteiger partial charge in [-0.15, -0.1) is 0 Å². The number of nitrogens with one attached hydrogen (secondary N) is 1. The zero-order valence-corrected chi connectivity index (χ0v) is 15.2. The van der Waals surface area contributed by atoms with Crippen LogP contribution in [0.4, 0.5) is 0 Å². The Morgan fingerprint density at radius 2 is 2.17 bits per heavy atom. The third-order valence-corrected chi connectivity index (χ3v) is 4.92. The van der Waals surface area contributed by atoms with Gasteiger partial charge in [-0.1, -0.05) is 22.0 Å². The second kappa shape index (κ2) is 8.40. The van der Waals surface area contributed by atoms with Gasteiger partial charge < -0.3 is 15.0 Å². The number of carboxylic acid groups (broad SMARTS) is 1. The number of carbonyl (C=O) groups is 2. The van der Waals surface area contributed by atoms with E-state index in [2.05, 4.69) is 21.2 Å². The molecule has 0 aliphatic rings. The third kappa shape index (κ3) is 4.75. The molecule has 2 rings (SSSR count). The van der Waals surface area contributed by atoms with Crippen LogP contribution in [0.1, 0.15) is 12.8 Å². The Balaban J connectivity index is 1.95. The van der Waals surface area contributed by atoms with Crippen molar-refractivity contribution in [1.82, 2.24) is 9.88 Å². The molecular weight excluding hydrogens is 380 g/mol. The van der Waals surface area contributed by atoms with Crippen LogP contribution in [0, 0.1) is 0 Å². The van der Waals surface area contributed by atoms with E-state index in [1.54, 1.807) is 11.8 Å². The topological polar surface area (TPSA) is 71.3 Å². The van der Waals surface area contributed by atoms with E-state index in [-0.39, 0.29) is 12.3 Å². The Hall–Kier alpha value is -1.47. The van der Waals surface area contributed by atoms with E-state index in [0.29, 0.717) is 18.7 Å². The number of amides is 1. The number of hydrogen-bond acceptors (Lipinski definition) is 3. The average Bonchev–Trinajstić information content (AvgIpc) is 2.93. The van der Waals surface area contributed by atoms with Crippen molar-refractivity contribution in [2.75, 3.05) is 12.0 Å². The van der Waals surface area contributed by atoms with E-state index in [1.165, 1.54) is 0 Å². The number of halogens is 1. The molecule has 1 amide bonds. The van der Waals surface area contributed by atoms with Gasteiger partial charge in [0.2, 0.25) is 5.91 Å². The fourth-order valence-corrected chi connectivity index (χ4v) is 3.32. The summed E-state index contributed by atoms with van der Waals surface area (Å²) in [6.45, 7) is 0.515. The van der Waals surface area contributed by atoms with Gasteiger partial charge in [-0.2, -0.15) is 11.8 Å². The summed E-state index contributed by atoms with van der Waals surface area (Å²) >= 11 is 5.07. The summed E-state index contributed by atoms with van der Waals surface area (Å²) in [4.78, 5) is 23.2. The Morgan fingerprint density at radius 3 is 2.87 bits per heavy atom. The highest BCUT2D eigenvalue weighted by molar-refractivity contribution is 9.10. The van der Waals surface area contributed by atoms with Crippen LogP contribution in [0.2, 0.25) is 0 Å². The van der Waals surface area contributed by atoms with Gasteiger partial charge in [0.05, 0.1) is 0 Å². The predicted octanol–water partition coefficient (Wildman–Crippen LogP) is 3.12. The van der Waals surface area contributed by atoms with Crippen LogP contribution in [-0.4, -0.2) is 39.6 Å². The molecule has 0 unspecified atom stereocenters. The second-order valence-electron chi connectivity index (χ2n) is 5.17. The lowest BCUT2D eigenvalue weighted by atomic mass is 10.2. The highest BCUT2D eigenvalue weighted by atomic mass is 79.9. The molecule has 23 heavy (non-hydrogen) atoms. The van der Waals surface area contributed by atoms with Crippen molar-refractivity contribution < 1.29 is 14.7 Å². The van der Waals surface area contributed by atoms with Crippen LogP contribution in [0.5, 0.6) is 0 Å². The number of aliphatic carboxylic acids is 1. The number of benzene rings is 1. The summed E-state index contributed by atoms with van der Waals surface area (Å²) in [5.74, 6) is -0.522. The summed E-state index contributed by atoms with van der Waals surface area (Å²) in [6, 6.07) is 7.10. The van der Waals surface area contributed by atoms with E-state index in [4.69, 9.17) is 5.11 Å². The first-order valence-corrected chi connectivity index (χ1v) is 9.46. The molecule has 2 aromatic rings. The molecule has 5 nitrogen and oxygen atoms in total. The molecule has 7 heteroatoms. The number of hydrogen-bond donors (Lipinski definition) is 2. The zero-order chi connectivity index (χ0) is 16.8. The summed E-state index contributed by atoms with van der Waals surface area (Å²) < 4.78 is 3.01. The molecule has 1 aromatic heterocycles. The largest absolute Gasteiger partial charge is 0.480 e. The van der Waals surface area contributed by atoms with Crippen LogP contribution >= 0.6 is 27.7 Å². The molecule has 1 atom stereocenters. The number of rotatable bonds is 8. The third-order valence-electron chi connectivity index (χ3n) is 3.58. The van der Waals surface area contributed by atoms with E-state index in [1.807, 2.05) is 41.3 Å². The Morgan fingerprint density at radius 1 is 1.39 bits per heavy atom. The van der Waals surface area contributed by atoms with Crippen molar-refractivity contribution in [3.8, 4) is 0 Å². The lowest BCUT2D eigenvalue weighted by Crippen LogP contribution is -2.41. The molecule has 0 fully saturated rings. The highest BCUT2D eigenvalue weighted by Crippen LogP contribution is 2.24. The maximum absolute atomic E-state index is 12.0. The summed E-state index contributed by atoms with van der Waals surface area (Å²) in [5, 5.41) is 12.8. The standard InChI is InChI=1S/C16H19BrN2O3S/c1-23-10-7-13(16(21)22)18-15(20)6-9-19-8-5-11-12(17)3-2-4-14(11)19/h2-5,8,13H,6-7,9-10H2,1H3,(H,18,20)(H,21,22)/t13-/m0/s1. The first-order valence-electron chi connectivity index (χ1n) is 7.27. The van der Waals surface area contributed by atoms with Gasteiger partial charge in [-0.3, -0.25) is 4.79 Å². The number of carbonyl (C=O) groups excluding carboxylic acids is 1. The van der Waals surface area contributed by atoms with Crippen molar-refractivity contribution in [1.29, 1.82) is 0 Å². The van der Waals surface area contributed by atoms with Gasteiger partial charge in [0.1, 0.15) is 6.04 Å². The van der Waals surface area contributed by atoms with Gasteiger partial charge in [-0.05, 0) is 36.6 Å². The minimum atomic E-state index is -0.984. The van der Waals surface area contributed by atoms with Crippen LogP contribution in [-0.2, 0) is 16.1 Å². The molecule has 0 bridgehead atoms. The summed E-state index contributed by atoms with van der Waals surface area (Å²) in [5.41, 5.74) is 1.05. The average molecular weight is 399 g/mol. The minimum Gasteiger partial charge on any atom is -0.480 e. The Bertz CT molecular complexity index is 702. The molecule has 0 saturated heterocycles. The van der Waals surface area contributed by atoms with E-state index in [0.717, 1.165) is 15.4 Å². The fourth-order valence-electron chi connectivity index (χ4n) is 2.36. The van der Waals surface area contributed by atoms with Crippen LogP contribution in [0.15, 0.2) is 34.9 Å². The van der Waals surface area contributed by atoms with Gasteiger partial charge >= 0.3 is 5.97 Å². The molecule has 0 aliphatic carbocycles. The molecule has 1 heterocycles. The normalized spacial score (nSPS) is 12.3. The van der Waals surface area contributed by atoms with Crippen molar-refractivity contribution in [2.45, 2.75) is 25.4 Å². The second-order valence-corrected chi connectivity index (χ2v) is 7.01. The lowest BCUT2D eigenvalue weighted by Gasteiger charge is -2.14. The van der Waals surface area contributed by atoms with Crippen LogP contribution in [0.3, 0.4) is 0 Å². The SMILES string of the molecule is CSCC[C@H](NC(=O)CCn1ccc2c(Br)cccc21)C(=O)O. The number of aryl methyl sites for hydroxylation is 1. The molecular formula is C16H19BrN2O3S. The van der Waals surface area contributed by atoms with Crippen LogP contribution in [0.25, 0.3) is 10.9 Å². The maximum Gasteiger partial charge on any atom is 0.326 e. The van der Waals surface area contributed by atoms with Gasteiger partial charge in [-0.25, -0.2) is 4.79 Å². The number of carboxylic acids is 1. The highest BCUT2D eigenvalue weighted by Gasteiger charge is 2.19. The number of aromatic nitrogens is 1. The molecule has 0 radical (unpaired) electrons. The van der Waals surface area contributed by atoms with E-state index < -0.39 is 12.0 Å². The number of thioether (sulfide) groups is 1. The Kier molecular flexibility index (Phi) is 6.53. The van der Waals surface area contributed by atoms with Crippen molar-refractivity contribution in [2.24, 2.45) is 0 Å². The number of fused-ring (bicyclic) bond motifs is 1.